The van der Waals surface area contributed by atoms with Crippen LogP contribution in [0.5, 0.6) is 0 Å². The zero-order valence-corrected chi connectivity index (χ0v) is 15.4. The third-order valence-electron chi connectivity index (χ3n) is 4.69. The van der Waals surface area contributed by atoms with Crippen molar-refractivity contribution in [2.24, 2.45) is 11.7 Å². The Morgan fingerprint density at radius 1 is 1.36 bits per heavy atom. The second kappa shape index (κ2) is 7.35. The van der Waals surface area contributed by atoms with Crippen molar-refractivity contribution in [1.29, 1.82) is 0 Å². The fourth-order valence-electron chi connectivity index (χ4n) is 3.40. The van der Waals surface area contributed by atoms with Gasteiger partial charge in [0.15, 0.2) is 0 Å². The highest BCUT2D eigenvalue weighted by molar-refractivity contribution is 7.11. The summed E-state index contributed by atoms with van der Waals surface area (Å²) in [4.78, 5) is 31.3. The van der Waals surface area contributed by atoms with Crippen LogP contribution in [0.1, 0.15) is 37.9 Å². The van der Waals surface area contributed by atoms with E-state index in [0.717, 1.165) is 47.1 Å². The minimum atomic E-state index is -0.403. The van der Waals surface area contributed by atoms with Crippen molar-refractivity contribution >= 4 is 23.2 Å². The van der Waals surface area contributed by atoms with Crippen molar-refractivity contribution in [2.75, 3.05) is 13.1 Å². The minimum absolute atomic E-state index is 0.181. The molecular weight excluding hydrogens is 334 g/mol. The van der Waals surface area contributed by atoms with Crippen molar-refractivity contribution < 1.29 is 9.59 Å². The average molecular weight is 357 g/mol. The summed E-state index contributed by atoms with van der Waals surface area (Å²) in [6.07, 6.45) is 2.30. The van der Waals surface area contributed by atoms with Gasteiger partial charge in [-0.3, -0.25) is 9.59 Å². The van der Waals surface area contributed by atoms with Crippen LogP contribution < -0.4 is 5.73 Å². The van der Waals surface area contributed by atoms with Crippen LogP contribution in [0.15, 0.2) is 24.3 Å². The summed E-state index contributed by atoms with van der Waals surface area (Å²) in [7, 11) is 0. The van der Waals surface area contributed by atoms with Crippen LogP contribution in [-0.2, 0) is 17.6 Å². The molecule has 1 aliphatic rings. The number of amides is 2. The highest BCUT2D eigenvalue weighted by atomic mass is 32.1. The molecule has 2 N–H and O–H groups in total. The van der Waals surface area contributed by atoms with E-state index < -0.39 is 5.91 Å². The lowest BCUT2D eigenvalue weighted by atomic mass is 9.97. The van der Waals surface area contributed by atoms with Gasteiger partial charge in [0.2, 0.25) is 11.8 Å². The predicted molar refractivity (Wildman–Crippen MR) is 98.6 cm³/mol. The van der Waals surface area contributed by atoms with E-state index in [-0.39, 0.29) is 5.91 Å². The summed E-state index contributed by atoms with van der Waals surface area (Å²) in [5.74, 6) is 0.205. The van der Waals surface area contributed by atoms with Gasteiger partial charge in [0.1, 0.15) is 0 Å². The molecule has 1 aromatic carbocycles. The molecule has 132 valence electrons. The summed E-state index contributed by atoms with van der Waals surface area (Å²) in [6, 6.07) is 7.47. The molecule has 2 aromatic rings. The maximum Gasteiger partial charge on any atom is 0.248 e. The molecule has 1 saturated heterocycles. The number of hydrogen-bond acceptors (Lipinski definition) is 4. The summed E-state index contributed by atoms with van der Waals surface area (Å²) < 4.78 is 0. The van der Waals surface area contributed by atoms with Crippen LogP contribution in [0, 0.1) is 19.8 Å². The number of aryl methyl sites for hydroxylation is 2. The van der Waals surface area contributed by atoms with E-state index in [4.69, 9.17) is 5.73 Å². The van der Waals surface area contributed by atoms with Crippen LogP contribution in [-0.4, -0.2) is 34.8 Å². The molecule has 1 aromatic heterocycles. The normalized spacial score (nSPS) is 17.0. The maximum absolute atomic E-state index is 12.6. The van der Waals surface area contributed by atoms with E-state index >= 15 is 0 Å². The first-order valence-electron chi connectivity index (χ1n) is 8.52. The van der Waals surface area contributed by atoms with Gasteiger partial charge in [-0.2, -0.15) is 0 Å². The average Bonchev–Trinajstić information content (AvgIpc) is 3.14. The molecule has 25 heavy (non-hydrogen) atoms. The topological polar surface area (TPSA) is 76.3 Å². The number of benzene rings is 1. The summed E-state index contributed by atoms with van der Waals surface area (Å²) in [6.45, 7) is 5.51. The predicted octanol–water partition coefficient (Wildman–Crippen LogP) is 2.49. The number of carbonyl (C=O) groups excluding carboxylic acids is 2. The quantitative estimate of drug-likeness (QED) is 0.893. The molecule has 0 saturated carbocycles. The molecule has 0 aliphatic carbocycles. The van der Waals surface area contributed by atoms with Gasteiger partial charge < -0.3 is 10.6 Å². The molecule has 1 atom stereocenters. The number of nitrogens with zero attached hydrogens (tertiary/aromatic N) is 2. The second-order valence-corrected chi connectivity index (χ2v) is 7.97. The smallest absolute Gasteiger partial charge is 0.248 e. The number of likely N-dealkylation sites (tertiary alicyclic amines) is 1. The Morgan fingerprint density at radius 3 is 2.84 bits per heavy atom. The van der Waals surface area contributed by atoms with E-state index in [9.17, 15) is 9.59 Å². The Kier molecular flexibility index (Phi) is 5.18. The van der Waals surface area contributed by atoms with Crippen molar-refractivity contribution in [3.05, 3.63) is 51.0 Å². The lowest BCUT2D eigenvalue weighted by Gasteiger charge is -2.16. The zero-order valence-electron chi connectivity index (χ0n) is 14.6. The third-order valence-corrected chi connectivity index (χ3v) is 5.76. The van der Waals surface area contributed by atoms with E-state index in [2.05, 4.69) is 4.98 Å². The van der Waals surface area contributed by atoms with Crippen LogP contribution in [0.3, 0.4) is 0 Å². The molecule has 0 spiro atoms. The third kappa shape index (κ3) is 4.25. The fraction of sp³-hybridized carbons (Fsp3) is 0.421. The number of carbonyl (C=O) groups is 2. The highest BCUT2D eigenvalue weighted by Crippen LogP contribution is 2.24. The first-order chi connectivity index (χ1) is 11.9. The van der Waals surface area contributed by atoms with Gasteiger partial charge in [-0.05, 0) is 50.3 Å². The summed E-state index contributed by atoms with van der Waals surface area (Å²) >= 11 is 1.61. The van der Waals surface area contributed by atoms with Crippen LogP contribution >= 0.6 is 11.3 Å². The Bertz CT molecular complexity index is 800. The molecule has 0 radical (unpaired) electrons. The monoisotopic (exact) mass is 357 g/mol. The molecular formula is C19H23N3O2S. The minimum Gasteiger partial charge on any atom is -0.366 e. The first-order valence-corrected chi connectivity index (χ1v) is 9.33. The molecule has 2 heterocycles. The van der Waals surface area contributed by atoms with Crippen molar-refractivity contribution in [3.63, 3.8) is 0 Å². The standard InChI is InChI=1S/C19H23N3O2S/c1-12-17(25-13(2)21-12)10-18(23)22-7-6-15(11-22)8-14-4-3-5-16(9-14)19(20)24/h3-5,9,15H,6-8,10-11H2,1-2H3,(H2,20,24). The number of nitrogens with two attached hydrogens (primary N) is 1. The van der Waals surface area contributed by atoms with Gasteiger partial charge in [-0.1, -0.05) is 12.1 Å². The summed E-state index contributed by atoms with van der Waals surface area (Å²) in [5, 5.41) is 1.01. The van der Waals surface area contributed by atoms with Crippen LogP contribution in [0.2, 0.25) is 0 Å². The van der Waals surface area contributed by atoms with Crippen LogP contribution in [0.25, 0.3) is 0 Å². The Hall–Kier alpha value is -2.21. The molecule has 5 nitrogen and oxygen atoms in total. The van der Waals surface area contributed by atoms with Gasteiger partial charge in [-0.25, -0.2) is 4.98 Å². The number of rotatable bonds is 5. The summed E-state index contributed by atoms with van der Waals surface area (Å²) in [5.41, 5.74) is 7.95. The van der Waals surface area contributed by atoms with Gasteiger partial charge in [0, 0.05) is 23.5 Å². The molecule has 1 aliphatic heterocycles. The number of hydrogen-bond donors (Lipinski definition) is 1. The zero-order chi connectivity index (χ0) is 18.0. The second-order valence-electron chi connectivity index (χ2n) is 6.68. The van der Waals surface area contributed by atoms with Crippen molar-refractivity contribution in [3.8, 4) is 0 Å². The molecule has 1 fully saturated rings. The SMILES string of the molecule is Cc1nc(C)c(CC(=O)N2CCC(Cc3cccc(C(N)=O)c3)C2)s1. The van der Waals surface area contributed by atoms with E-state index in [1.165, 1.54) is 0 Å². The number of aromatic nitrogens is 1. The van der Waals surface area contributed by atoms with Gasteiger partial charge >= 0.3 is 0 Å². The van der Waals surface area contributed by atoms with E-state index in [1.807, 2.05) is 36.9 Å². The van der Waals surface area contributed by atoms with Crippen molar-refractivity contribution in [2.45, 2.75) is 33.1 Å². The molecule has 0 bridgehead atoms. The van der Waals surface area contributed by atoms with E-state index in [1.54, 1.807) is 17.4 Å². The van der Waals surface area contributed by atoms with Gasteiger partial charge in [-0.15, -0.1) is 11.3 Å². The molecule has 3 rings (SSSR count). The molecule has 2 amide bonds. The molecule has 1 unspecified atom stereocenters. The number of thiazole rings is 1. The maximum atomic E-state index is 12.6. The van der Waals surface area contributed by atoms with Gasteiger partial charge in [0.25, 0.3) is 0 Å². The van der Waals surface area contributed by atoms with E-state index in [0.29, 0.717) is 17.9 Å². The number of primary amides is 1. The first kappa shape index (κ1) is 17.6. The van der Waals surface area contributed by atoms with Crippen LogP contribution in [0.4, 0.5) is 0 Å². The lowest BCUT2D eigenvalue weighted by molar-refractivity contribution is -0.129. The Balaban J connectivity index is 1.58. The lowest BCUT2D eigenvalue weighted by Crippen LogP contribution is -2.30. The van der Waals surface area contributed by atoms with Gasteiger partial charge in [0.05, 0.1) is 17.1 Å². The Labute approximate surface area is 151 Å². The largest absolute Gasteiger partial charge is 0.366 e. The Morgan fingerprint density at radius 2 is 2.16 bits per heavy atom. The molecule has 6 heteroatoms. The fourth-order valence-corrected chi connectivity index (χ4v) is 4.33. The highest BCUT2D eigenvalue weighted by Gasteiger charge is 2.27. The van der Waals surface area contributed by atoms with Crippen molar-refractivity contribution in [1.82, 2.24) is 9.88 Å².